The fourth-order valence-corrected chi connectivity index (χ4v) is 2.55. The summed E-state index contributed by atoms with van der Waals surface area (Å²) in [5.74, 6) is -0.329. The van der Waals surface area contributed by atoms with Gasteiger partial charge in [0, 0.05) is 17.8 Å². The molecule has 0 bridgehead atoms. The van der Waals surface area contributed by atoms with Crippen LogP contribution in [0.15, 0.2) is 66.9 Å². The number of nitrogens with one attached hydrogen (secondary N) is 1. The summed E-state index contributed by atoms with van der Waals surface area (Å²) < 4.78 is 5.08. The average Bonchev–Trinajstić information content (AvgIpc) is 3.11. The third-order valence-corrected chi connectivity index (χ3v) is 3.51. The molecule has 24 heavy (non-hydrogen) atoms. The lowest BCUT2D eigenvalue weighted by atomic mass is 9.96. The van der Waals surface area contributed by atoms with Crippen LogP contribution in [-0.2, 0) is 9.53 Å². The quantitative estimate of drug-likeness (QED) is 0.531. The number of rotatable bonds is 4. The minimum Gasteiger partial charge on any atom is -0.463 e. The molecule has 0 atom stereocenters. The minimum absolute atomic E-state index is 0.329. The third-order valence-electron chi connectivity index (χ3n) is 3.51. The van der Waals surface area contributed by atoms with Crippen molar-refractivity contribution >= 4 is 22.4 Å². The number of H-pyrrole nitrogens is 1. The van der Waals surface area contributed by atoms with Crippen molar-refractivity contribution in [2.75, 3.05) is 6.61 Å². The van der Waals surface area contributed by atoms with Crippen molar-refractivity contribution in [3.05, 3.63) is 78.0 Å². The zero-order chi connectivity index (χ0) is 17.4. The van der Waals surface area contributed by atoms with Gasteiger partial charge in [-0.2, -0.15) is 0 Å². The highest BCUT2D eigenvalue weighted by Crippen LogP contribution is 2.29. The van der Waals surface area contributed by atoms with Gasteiger partial charge in [-0.3, -0.25) is 0 Å². The molecule has 1 N–H and O–H groups in total. The maximum Gasteiger partial charge on any atom is 0.331 e. The molecule has 0 aliphatic carbocycles. The van der Waals surface area contributed by atoms with E-state index in [-0.39, 0.29) is 5.97 Å². The number of fused-ring (bicyclic) bond motifs is 1. The largest absolute Gasteiger partial charge is 0.463 e. The molecule has 0 saturated carbocycles. The Balaban J connectivity index is 0.00000100. The van der Waals surface area contributed by atoms with Crippen molar-refractivity contribution < 1.29 is 9.53 Å². The van der Waals surface area contributed by atoms with Crippen LogP contribution in [0.1, 0.15) is 31.9 Å². The molecular weight excluding hydrogens is 298 g/mol. The van der Waals surface area contributed by atoms with Gasteiger partial charge in [-0.25, -0.2) is 4.79 Å². The molecular formula is C21H23NO2. The highest BCUT2D eigenvalue weighted by Gasteiger charge is 2.12. The van der Waals surface area contributed by atoms with Gasteiger partial charge in [0.2, 0.25) is 0 Å². The molecule has 3 nitrogen and oxygen atoms in total. The molecule has 124 valence electrons. The molecule has 0 amide bonds. The van der Waals surface area contributed by atoms with Crippen molar-refractivity contribution in [1.82, 2.24) is 4.98 Å². The monoisotopic (exact) mass is 321 g/mol. The van der Waals surface area contributed by atoms with E-state index in [4.69, 9.17) is 4.74 Å². The van der Waals surface area contributed by atoms with E-state index in [9.17, 15) is 4.79 Å². The zero-order valence-electron chi connectivity index (χ0n) is 14.4. The Bertz CT molecular complexity index is 816. The number of carbonyl (C=O) groups excluding carboxylic acids is 1. The Labute approximate surface area is 143 Å². The summed E-state index contributed by atoms with van der Waals surface area (Å²) >= 11 is 0. The smallest absolute Gasteiger partial charge is 0.331 e. The summed E-state index contributed by atoms with van der Waals surface area (Å²) in [5.41, 5.74) is 3.84. The van der Waals surface area contributed by atoms with Crippen molar-refractivity contribution in [2.45, 2.75) is 20.8 Å². The number of aromatic nitrogens is 1. The SMILES string of the molecule is CC.CCOC(=O)/C=C(/c1ccccc1)c1cccc2cc[nH]c12. The molecule has 0 unspecified atom stereocenters. The van der Waals surface area contributed by atoms with Crippen molar-refractivity contribution in [2.24, 2.45) is 0 Å². The van der Waals surface area contributed by atoms with Gasteiger partial charge in [0.25, 0.3) is 0 Å². The fraction of sp³-hybridized carbons (Fsp3) is 0.190. The maximum absolute atomic E-state index is 12.0. The van der Waals surface area contributed by atoms with Crippen molar-refractivity contribution in [3.63, 3.8) is 0 Å². The van der Waals surface area contributed by atoms with Crippen LogP contribution in [0.25, 0.3) is 16.5 Å². The van der Waals surface area contributed by atoms with Crippen molar-refractivity contribution in [3.8, 4) is 0 Å². The van der Waals surface area contributed by atoms with E-state index in [1.165, 1.54) is 0 Å². The first-order valence-electron chi connectivity index (χ1n) is 8.30. The first-order chi connectivity index (χ1) is 11.8. The predicted molar refractivity (Wildman–Crippen MR) is 99.8 cm³/mol. The second-order valence-electron chi connectivity index (χ2n) is 4.92. The highest BCUT2D eigenvalue weighted by atomic mass is 16.5. The Hall–Kier alpha value is -2.81. The topological polar surface area (TPSA) is 42.1 Å². The maximum atomic E-state index is 12.0. The average molecular weight is 321 g/mol. The number of carbonyl (C=O) groups is 1. The second-order valence-corrected chi connectivity index (χ2v) is 4.92. The predicted octanol–water partition coefficient (Wildman–Crippen LogP) is 5.19. The Morgan fingerprint density at radius 1 is 1.04 bits per heavy atom. The van der Waals surface area contributed by atoms with Crippen molar-refractivity contribution in [1.29, 1.82) is 0 Å². The molecule has 1 heterocycles. The van der Waals surface area contributed by atoms with Gasteiger partial charge in [-0.05, 0) is 29.5 Å². The molecule has 0 aliphatic heterocycles. The number of ether oxygens (including phenoxy) is 1. The summed E-state index contributed by atoms with van der Waals surface area (Å²) in [6.07, 6.45) is 3.47. The Morgan fingerprint density at radius 2 is 1.79 bits per heavy atom. The van der Waals surface area contributed by atoms with E-state index in [1.54, 1.807) is 13.0 Å². The van der Waals surface area contributed by atoms with Gasteiger partial charge >= 0.3 is 5.97 Å². The lowest BCUT2D eigenvalue weighted by Crippen LogP contribution is -2.02. The van der Waals surface area contributed by atoms with Crippen LogP contribution in [0.2, 0.25) is 0 Å². The number of benzene rings is 2. The van der Waals surface area contributed by atoms with E-state index in [0.717, 1.165) is 27.6 Å². The first-order valence-corrected chi connectivity index (χ1v) is 8.30. The van der Waals surface area contributed by atoms with E-state index in [0.29, 0.717) is 6.61 Å². The number of para-hydroxylation sites is 1. The zero-order valence-corrected chi connectivity index (χ0v) is 14.4. The normalized spacial score (nSPS) is 10.9. The van der Waals surface area contributed by atoms with Crippen LogP contribution < -0.4 is 0 Å². The van der Waals surface area contributed by atoms with Crippen LogP contribution in [0.5, 0.6) is 0 Å². The number of hydrogen-bond donors (Lipinski definition) is 1. The molecule has 0 spiro atoms. The number of hydrogen-bond acceptors (Lipinski definition) is 2. The molecule has 3 heteroatoms. The summed E-state index contributed by atoms with van der Waals surface area (Å²) in [5, 5.41) is 1.11. The van der Waals surface area contributed by atoms with Crippen LogP contribution in [0.3, 0.4) is 0 Å². The molecule has 0 radical (unpaired) electrons. The van der Waals surface area contributed by atoms with Crippen LogP contribution >= 0.6 is 0 Å². The summed E-state index contributed by atoms with van der Waals surface area (Å²) in [7, 11) is 0. The lowest BCUT2D eigenvalue weighted by Gasteiger charge is -2.10. The van der Waals surface area contributed by atoms with Gasteiger partial charge in [0.1, 0.15) is 0 Å². The summed E-state index contributed by atoms with van der Waals surface area (Å²) in [6.45, 7) is 6.17. The summed E-state index contributed by atoms with van der Waals surface area (Å²) in [6, 6.07) is 17.9. The van der Waals surface area contributed by atoms with Gasteiger partial charge in [0.15, 0.2) is 0 Å². The Kier molecular flexibility index (Phi) is 6.38. The lowest BCUT2D eigenvalue weighted by molar-refractivity contribution is -0.137. The van der Waals surface area contributed by atoms with E-state index < -0.39 is 0 Å². The fourth-order valence-electron chi connectivity index (χ4n) is 2.55. The van der Waals surface area contributed by atoms with Crippen LogP contribution in [0, 0.1) is 0 Å². The molecule has 2 aromatic carbocycles. The third kappa shape index (κ3) is 3.93. The molecule has 3 aromatic rings. The van der Waals surface area contributed by atoms with Gasteiger partial charge < -0.3 is 9.72 Å². The van der Waals surface area contributed by atoms with E-state index in [2.05, 4.69) is 4.98 Å². The standard InChI is InChI=1S/C19H17NO2.C2H6/c1-2-22-18(21)13-17(14-7-4-3-5-8-14)16-10-6-9-15-11-12-20-19(15)16;1-2/h3-13,20H,2H2,1H3;1-2H3/b17-13-;. The molecule has 0 aliphatic rings. The van der Waals surface area contributed by atoms with Crippen LogP contribution in [-0.4, -0.2) is 17.6 Å². The van der Waals surface area contributed by atoms with E-state index >= 15 is 0 Å². The number of esters is 1. The second kappa shape index (κ2) is 8.73. The Morgan fingerprint density at radius 3 is 2.50 bits per heavy atom. The van der Waals surface area contributed by atoms with Gasteiger partial charge in [-0.1, -0.05) is 62.4 Å². The molecule has 0 fully saturated rings. The van der Waals surface area contributed by atoms with Gasteiger partial charge in [-0.15, -0.1) is 0 Å². The first kappa shape index (κ1) is 17.5. The highest BCUT2D eigenvalue weighted by molar-refractivity contribution is 6.02. The minimum atomic E-state index is -0.329. The molecule has 0 saturated heterocycles. The molecule has 3 rings (SSSR count). The van der Waals surface area contributed by atoms with E-state index in [1.807, 2.05) is 74.6 Å². The van der Waals surface area contributed by atoms with Gasteiger partial charge in [0.05, 0.1) is 12.1 Å². The molecule has 1 aromatic heterocycles. The summed E-state index contributed by atoms with van der Waals surface area (Å²) in [4.78, 5) is 15.2. The van der Waals surface area contributed by atoms with Crippen LogP contribution in [0.4, 0.5) is 0 Å². The number of aromatic amines is 1.